The smallest absolute Gasteiger partial charge is 0.0594 e. The molecule has 0 radical (unpaired) electrons. The Morgan fingerprint density at radius 1 is 1.17 bits per heavy atom. The van der Waals surface area contributed by atoms with Crippen molar-refractivity contribution in [2.24, 2.45) is 0 Å². The quantitative estimate of drug-likeness (QED) is 0.894. The van der Waals surface area contributed by atoms with E-state index in [-0.39, 0.29) is 0 Å². The number of ether oxygens (including phenoxy) is 1. The fourth-order valence-corrected chi connectivity index (χ4v) is 2.69. The predicted molar refractivity (Wildman–Crippen MR) is 73.9 cm³/mol. The van der Waals surface area contributed by atoms with E-state index in [0.29, 0.717) is 0 Å². The zero-order valence-electron chi connectivity index (χ0n) is 10.7. The van der Waals surface area contributed by atoms with E-state index in [1.54, 1.807) is 0 Å². The van der Waals surface area contributed by atoms with Gasteiger partial charge in [-0.2, -0.15) is 0 Å². The van der Waals surface area contributed by atoms with Crippen LogP contribution in [0.3, 0.4) is 0 Å². The van der Waals surface area contributed by atoms with E-state index in [1.807, 2.05) is 6.20 Å². The molecule has 0 aliphatic carbocycles. The van der Waals surface area contributed by atoms with Gasteiger partial charge in [0.2, 0.25) is 0 Å². The van der Waals surface area contributed by atoms with Crippen LogP contribution in [0.4, 0.5) is 0 Å². The molecule has 1 N–H and O–H groups in total. The number of H-pyrrole nitrogens is 1. The van der Waals surface area contributed by atoms with E-state index in [0.717, 1.165) is 32.7 Å². The van der Waals surface area contributed by atoms with Gasteiger partial charge in [-0.15, -0.1) is 0 Å². The molecule has 0 bridgehead atoms. The lowest BCUT2D eigenvalue weighted by Gasteiger charge is -2.26. The van der Waals surface area contributed by atoms with Gasteiger partial charge in [0.05, 0.1) is 13.2 Å². The Morgan fingerprint density at radius 3 is 2.94 bits per heavy atom. The number of benzene rings is 1. The number of aryl methyl sites for hydroxylation is 1. The third-order valence-electron chi connectivity index (χ3n) is 3.71. The molecule has 2 aromatic rings. The lowest BCUT2D eigenvalue weighted by molar-refractivity contribution is 0.0375. The molecule has 0 spiro atoms. The SMILES string of the molecule is c1cc(CCCN2CCOCC2)c2cc[nH]c2c1. The van der Waals surface area contributed by atoms with Gasteiger partial charge in [0, 0.05) is 30.2 Å². The highest BCUT2D eigenvalue weighted by molar-refractivity contribution is 5.82. The number of nitrogens with one attached hydrogen (secondary N) is 1. The van der Waals surface area contributed by atoms with Crippen LogP contribution in [0.5, 0.6) is 0 Å². The molecule has 2 heterocycles. The van der Waals surface area contributed by atoms with Crippen molar-refractivity contribution in [2.45, 2.75) is 12.8 Å². The van der Waals surface area contributed by atoms with Crippen molar-refractivity contribution >= 4 is 10.9 Å². The van der Waals surface area contributed by atoms with Gasteiger partial charge in [-0.1, -0.05) is 12.1 Å². The highest BCUT2D eigenvalue weighted by atomic mass is 16.5. The monoisotopic (exact) mass is 244 g/mol. The maximum absolute atomic E-state index is 5.37. The number of nitrogens with zero attached hydrogens (tertiary/aromatic N) is 1. The Bertz CT molecular complexity index is 500. The third-order valence-corrected chi connectivity index (χ3v) is 3.71. The molecular weight excluding hydrogens is 224 g/mol. The molecular formula is C15H20N2O. The number of hydrogen-bond acceptors (Lipinski definition) is 2. The topological polar surface area (TPSA) is 28.3 Å². The second-order valence-electron chi connectivity index (χ2n) is 4.91. The van der Waals surface area contributed by atoms with Crippen LogP contribution in [0.2, 0.25) is 0 Å². The molecule has 1 saturated heterocycles. The Morgan fingerprint density at radius 2 is 2.06 bits per heavy atom. The minimum absolute atomic E-state index is 0.896. The largest absolute Gasteiger partial charge is 0.379 e. The first-order valence-electron chi connectivity index (χ1n) is 6.78. The minimum atomic E-state index is 0.896. The summed E-state index contributed by atoms with van der Waals surface area (Å²) in [5.41, 5.74) is 2.71. The number of aromatic nitrogens is 1. The Kier molecular flexibility index (Phi) is 3.62. The highest BCUT2D eigenvalue weighted by Crippen LogP contribution is 2.18. The maximum Gasteiger partial charge on any atom is 0.0594 e. The minimum Gasteiger partial charge on any atom is -0.379 e. The summed E-state index contributed by atoms with van der Waals surface area (Å²) in [5.74, 6) is 0. The molecule has 0 amide bonds. The summed E-state index contributed by atoms with van der Waals surface area (Å²) in [6.45, 7) is 5.16. The predicted octanol–water partition coefficient (Wildman–Crippen LogP) is 2.43. The first-order chi connectivity index (χ1) is 8.93. The summed E-state index contributed by atoms with van der Waals surface area (Å²) in [4.78, 5) is 5.77. The molecule has 1 aromatic carbocycles. The summed E-state index contributed by atoms with van der Waals surface area (Å²) in [5, 5.41) is 1.37. The Balaban J connectivity index is 1.57. The van der Waals surface area contributed by atoms with Crippen LogP contribution in [-0.2, 0) is 11.2 Å². The van der Waals surface area contributed by atoms with E-state index < -0.39 is 0 Å². The summed E-state index contributed by atoms with van der Waals surface area (Å²) in [6, 6.07) is 8.71. The molecule has 96 valence electrons. The molecule has 1 aliphatic heterocycles. The third kappa shape index (κ3) is 2.57. The highest BCUT2D eigenvalue weighted by Gasteiger charge is 2.09. The van der Waals surface area contributed by atoms with E-state index >= 15 is 0 Å². The van der Waals surface area contributed by atoms with Crippen LogP contribution in [0, 0.1) is 0 Å². The van der Waals surface area contributed by atoms with Crippen LogP contribution >= 0.6 is 0 Å². The lowest BCUT2D eigenvalue weighted by Crippen LogP contribution is -2.36. The first-order valence-corrected chi connectivity index (χ1v) is 6.78. The number of hydrogen-bond donors (Lipinski definition) is 1. The van der Waals surface area contributed by atoms with Crippen LogP contribution in [-0.4, -0.2) is 42.7 Å². The molecule has 0 unspecified atom stereocenters. The number of morpholine rings is 1. The van der Waals surface area contributed by atoms with E-state index in [9.17, 15) is 0 Å². The van der Waals surface area contributed by atoms with Crippen molar-refractivity contribution in [1.82, 2.24) is 9.88 Å². The molecule has 1 aliphatic rings. The van der Waals surface area contributed by atoms with Crippen molar-refractivity contribution in [3.63, 3.8) is 0 Å². The molecule has 0 saturated carbocycles. The molecule has 1 fully saturated rings. The van der Waals surface area contributed by atoms with Crippen LogP contribution in [0.15, 0.2) is 30.5 Å². The van der Waals surface area contributed by atoms with Gasteiger partial charge >= 0.3 is 0 Å². The fourth-order valence-electron chi connectivity index (χ4n) is 2.69. The second kappa shape index (κ2) is 5.55. The average molecular weight is 244 g/mol. The van der Waals surface area contributed by atoms with E-state index in [4.69, 9.17) is 4.74 Å². The Hall–Kier alpha value is -1.32. The van der Waals surface area contributed by atoms with Crippen LogP contribution in [0.1, 0.15) is 12.0 Å². The van der Waals surface area contributed by atoms with Crippen molar-refractivity contribution in [3.8, 4) is 0 Å². The average Bonchev–Trinajstić information content (AvgIpc) is 2.89. The van der Waals surface area contributed by atoms with Crippen molar-refractivity contribution in [2.75, 3.05) is 32.8 Å². The molecule has 3 rings (SSSR count). The van der Waals surface area contributed by atoms with Gasteiger partial charge in [-0.05, 0) is 37.1 Å². The van der Waals surface area contributed by atoms with Crippen molar-refractivity contribution in [3.05, 3.63) is 36.0 Å². The molecule has 3 heteroatoms. The van der Waals surface area contributed by atoms with Gasteiger partial charge < -0.3 is 9.72 Å². The van der Waals surface area contributed by atoms with Gasteiger partial charge in [0.1, 0.15) is 0 Å². The zero-order chi connectivity index (χ0) is 12.2. The van der Waals surface area contributed by atoms with Gasteiger partial charge in [-0.3, -0.25) is 4.90 Å². The van der Waals surface area contributed by atoms with Gasteiger partial charge in [-0.25, -0.2) is 0 Å². The van der Waals surface area contributed by atoms with Gasteiger partial charge in [0.25, 0.3) is 0 Å². The second-order valence-corrected chi connectivity index (χ2v) is 4.91. The Labute approximate surface area is 108 Å². The van der Waals surface area contributed by atoms with E-state index in [1.165, 1.54) is 29.4 Å². The van der Waals surface area contributed by atoms with E-state index in [2.05, 4.69) is 34.1 Å². The molecule has 3 nitrogen and oxygen atoms in total. The summed E-state index contributed by atoms with van der Waals surface area (Å²) in [6.07, 6.45) is 4.41. The summed E-state index contributed by atoms with van der Waals surface area (Å²) >= 11 is 0. The van der Waals surface area contributed by atoms with Crippen molar-refractivity contribution < 1.29 is 4.74 Å². The maximum atomic E-state index is 5.37. The number of rotatable bonds is 4. The fraction of sp³-hybridized carbons (Fsp3) is 0.467. The summed E-state index contributed by atoms with van der Waals surface area (Å²) < 4.78 is 5.37. The van der Waals surface area contributed by atoms with Crippen LogP contribution < -0.4 is 0 Å². The molecule has 0 atom stereocenters. The normalized spacial score (nSPS) is 17.3. The first kappa shape index (κ1) is 11.8. The standard InChI is InChI=1S/C15H20N2O/c1-3-13(14-6-7-16-15(14)5-1)4-2-8-17-9-11-18-12-10-17/h1,3,5-7,16H,2,4,8-12H2. The van der Waals surface area contributed by atoms with Crippen LogP contribution in [0.25, 0.3) is 10.9 Å². The van der Waals surface area contributed by atoms with Crippen molar-refractivity contribution in [1.29, 1.82) is 0 Å². The zero-order valence-corrected chi connectivity index (χ0v) is 10.7. The number of fused-ring (bicyclic) bond motifs is 1. The summed E-state index contributed by atoms with van der Waals surface area (Å²) in [7, 11) is 0. The lowest BCUT2D eigenvalue weighted by atomic mass is 10.1. The molecule has 1 aromatic heterocycles. The van der Waals surface area contributed by atoms with Gasteiger partial charge in [0.15, 0.2) is 0 Å². The molecule has 18 heavy (non-hydrogen) atoms. The number of aromatic amines is 1.